The summed E-state index contributed by atoms with van der Waals surface area (Å²) in [6, 6.07) is 3.97. The third-order valence-corrected chi connectivity index (χ3v) is 2.91. The number of fused-ring (bicyclic) bond motifs is 1. The van der Waals surface area contributed by atoms with Gasteiger partial charge in [0.1, 0.15) is 0 Å². The van der Waals surface area contributed by atoms with Gasteiger partial charge in [0, 0.05) is 18.4 Å². The first-order valence-corrected chi connectivity index (χ1v) is 5.43. The van der Waals surface area contributed by atoms with Gasteiger partial charge in [-0.25, -0.2) is 4.98 Å². The van der Waals surface area contributed by atoms with E-state index < -0.39 is 0 Å². The molecule has 0 aliphatic rings. The van der Waals surface area contributed by atoms with Crippen molar-refractivity contribution in [2.24, 2.45) is 7.05 Å². The van der Waals surface area contributed by atoms with Crippen molar-refractivity contribution < 1.29 is 4.79 Å². The molecule has 1 aromatic heterocycles. The van der Waals surface area contributed by atoms with Crippen molar-refractivity contribution in [3.05, 3.63) is 28.0 Å². The van der Waals surface area contributed by atoms with E-state index in [0.29, 0.717) is 5.82 Å². The monoisotopic (exact) mass is 266 g/mol. The Morgan fingerprint density at radius 2 is 2.13 bits per heavy atom. The van der Waals surface area contributed by atoms with Crippen LogP contribution in [0.3, 0.4) is 0 Å². The second kappa shape index (κ2) is 3.45. The van der Waals surface area contributed by atoms with Crippen LogP contribution in [0.5, 0.6) is 0 Å². The lowest BCUT2D eigenvalue weighted by atomic mass is 10.2. The van der Waals surface area contributed by atoms with Crippen LogP contribution >= 0.6 is 15.9 Å². The van der Waals surface area contributed by atoms with Crippen LogP contribution in [-0.2, 0) is 7.05 Å². The minimum Gasteiger partial charge on any atom is -0.325 e. The van der Waals surface area contributed by atoms with Crippen LogP contribution in [0.2, 0.25) is 0 Å². The molecule has 0 saturated heterocycles. The van der Waals surface area contributed by atoms with E-state index >= 15 is 0 Å². The van der Waals surface area contributed by atoms with Crippen LogP contribution in [0.15, 0.2) is 16.6 Å². The molecule has 78 valence electrons. The summed E-state index contributed by atoms with van der Waals surface area (Å²) in [7, 11) is 1.86. The lowest BCUT2D eigenvalue weighted by molar-refractivity contribution is 0.100. The second-order valence-electron chi connectivity index (χ2n) is 3.64. The van der Waals surface area contributed by atoms with E-state index in [1.165, 1.54) is 6.92 Å². The van der Waals surface area contributed by atoms with E-state index in [1.807, 2.05) is 30.7 Å². The van der Waals surface area contributed by atoms with Gasteiger partial charge in [0.15, 0.2) is 11.6 Å². The van der Waals surface area contributed by atoms with Gasteiger partial charge in [-0.3, -0.25) is 4.79 Å². The maximum Gasteiger partial charge on any atom is 0.195 e. The molecular formula is C11H11BrN2O. The van der Waals surface area contributed by atoms with Gasteiger partial charge in [-0.05, 0) is 24.6 Å². The zero-order valence-corrected chi connectivity index (χ0v) is 10.4. The van der Waals surface area contributed by atoms with Crippen molar-refractivity contribution in [3.63, 3.8) is 0 Å². The number of ketones is 1. The number of aromatic nitrogens is 2. The zero-order chi connectivity index (χ0) is 11.2. The Kier molecular flexibility index (Phi) is 2.38. The first kappa shape index (κ1) is 10.4. The number of imidazole rings is 1. The number of rotatable bonds is 1. The lowest BCUT2D eigenvalue weighted by Crippen LogP contribution is -2.02. The number of nitrogens with zero attached hydrogens (tertiary/aromatic N) is 2. The number of Topliss-reactive ketones (excluding diaryl/α,β-unsaturated/α-hetero) is 1. The second-order valence-corrected chi connectivity index (χ2v) is 4.56. The highest BCUT2D eigenvalue weighted by molar-refractivity contribution is 9.10. The molecule has 1 heterocycles. The molecule has 15 heavy (non-hydrogen) atoms. The molecule has 3 nitrogen and oxygen atoms in total. The van der Waals surface area contributed by atoms with Crippen LogP contribution in [0.1, 0.15) is 23.1 Å². The van der Waals surface area contributed by atoms with Gasteiger partial charge in [-0.1, -0.05) is 15.9 Å². The quantitative estimate of drug-likeness (QED) is 0.744. The van der Waals surface area contributed by atoms with Gasteiger partial charge in [-0.2, -0.15) is 0 Å². The molecule has 2 rings (SSSR count). The molecule has 0 fully saturated rings. The van der Waals surface area contributed by atoms with E-state index in [-0.39, 0.29) is 5.78 Å². The van der Waals surface area contributed by atoms with Crippen LogP contribution < -0.4 is 0 Å². The smallest absolute Gasteiger partial charge is 0.195 e. The summed E-state index contributed by atoms with van der Waals surface area (Å²) >= 11 is 3.44. The predicted molar refractivity (Wildman–Crippen MR) is 63.2 cm³/mol. The van der Waals surface area contributed by atoms with Crippen molar-refractivity contribution in [3.8, 4) is 0 Å². The molecule has 0 amide bonds. The molecule has 1 aromatic carbocycles. The Morgan fingerprint density at radius 3 is 2.73 bits per heavy atom. The van der Waals surface area contributed by atoms with E-state index in [1.54, 1.807) is 0 Å². The van der Waals surface area contributed by atoms with Gasteiger partial charge >= 0.3 is 0 Å². The molecule has 0 aliphatic carbocycles. The van der Waals surface area contributed by atoms with Crippen molar-refractivity contribution in [2.45, 2.75) is 13.8 Å². The lowest BCUT2D eigenvalue weighted by Gasteiger charge is -1.99. The molecule has 0 radical (unpaired) electrons. The highest BCUT2D eigenvalue weighted by Gasteiger charge is 2.13. The van der Waals surface area contributed by atoms with Gasteiger partial charge in [-0.15, -0.1) is 0 Å². The summed E-state index contributed by atoms with van der Waals surface area (Å²) in [5.41, 5.74) is 2.94. The molecule has 0 unspecified atom stereocenters. The Labute approximate surface area is 96.2 Å². The van der Waals surface area contributed by atoms with E-state index in [2.05, 4.69) is 20.9 Å². The molecule has 4 heteroatoms. The average Bonchev–Trinajstić information content (AvgIpc) is 2.44. The molecule has 0 spiro atoms. The van der Waals surface area contributed by atoms with Crippen molar-refractivity contribution in [2.75, 3.05) is 0 Å². The molecule has 0 atom stereocenters. The molecule has 0 saturated carbocycles. The highest BCUT2D eigenvalue weighted by atomic mass is 79.9. The van der Waals surface area contributed by atoms with Crippen LogP contribution in [-0.4, -0.2) is 15.3 Å². The minimum absolute atomic E-state index is 0.00998. The largest absolute Gasteiger partial charge is 0.325 e. The Bertz CT molecular complexity index is 557. The fraction of sp³-hybridized carbons (Fsp3) is 0.273. The van der Waals surface area contributed by atoms with Crippen molar-refractivity contribution in [1.29, 1.82) is 0 Å². The zero-order valence-electron chi connectivity index (χ0n) is 8.84. The first-order valence-electron chi connectivity index (χ1n) is 4.64. The fourth-order valence-electron chi connectivity index (χ4n) is 1.73. The molecule has 0 N–H and O–H groups in total. The molecule has 2 aromatic rings. The summed E-state index contributed by atoms with van der Waals surface area (Å²) in [4.78, 5) is 15.7. The maximum absolute atomic E-state index is 11.3. The summed E-state index contributed by atoms with van der Waals surface area (Å²) in [5.74, 6) is 0.496. The summed E-state index contributed by atoms with van der Waals surface area (Å²) in [6.07, 6.45) is 0. The van der Waals surface area contributed by atoms with Gasteiger partial charge in [0.25, 0.3) is 0 Å². The van der Waals surface area contributed by atoms with Gasteiger partial charge < -0.3 is 4.57 Å². The number of aryl methyl sites for hydroxylation is 2. The van der Waals surface area contributed by atoms with Gasteiger partial charge in [0.2, 0.25) is 0 Å². The van der Waals surface area contributed by atoms with E-state index in [9.17, 15) is 4.79 Å². The summed E-state index contributed by atoms with van der Waals surface area (Å²) in [5, 5.41) is 0. The minimum atomic E-state index is -0.00998. The fourth-order valence-corrected chi connectivity index (χ4v) is 2.29. The van der Waals surface area contributed by atoms with Crippen LogP contribution in [0, 0.1) is 6.92 Å². The van der Waals surface area contributed by atoms with Crippen LogP contribution in [0.4, 0.5) is 0 Å². The first-order chi connectivity index (χ1) is 7.00. The average molecular weight is 267 g/mol. The predicted octanol–water partition coefficient (Wildman–Crippen LogP) is 2.85. The maximum atomic E-state index is 11.3. The Hall–Kier alpha value is -1.16. The number of halogens is 1. The summed E-state index contributed by atoms with van der Waals surface area (Å²) < 4.78 is 2.83. The number of hydrogen-bond acceptors (Lipinski definition) is 2. The topological polar surface area (TPSA) is 34.9 Å². The SMILES string of the molecule is CC(=O)c1nc2c(C)cc(Br)cc2n1C. The molecule has 0 bridgehead atoms. The van der Waals surface area contributed by atoms with E-state index in [4.69, 9.17) is 0 Å². The van der Waals surface area contributed by atoms with Crippen molar-refractivity contribution >= 4 is 32.7 Å². The standard InChI is InChI=1S/C11H11BrN2O/c1-6-4-8(12)5-9-10(6)13-11(7(2)15)14(9)3/h4-5H,1-3H3. The third-order valence-electron chi connectivity index (χ3n) is 2.46. The molecular weight excluding hydrogens is 256 g/mol. The van der Waals surface area contributed by atoms with Crippen LogP contribution in [0.25, 0.3) is 11.0 Å². The number of hydrogen-bond donors (Lipinski definition) is 0. The van der Waals surface area contributed by atoms with E-state index in [0.717, 1.165) is 21.1 Å². The van der Waals surface area contributed by atoms with Crippen molar-refractivity contribution in [1.82, 2.24) is 9.55 Å². The van der Waals surface area contributed by atoms with Gasteiger partial charge in [0.05, 0.1) is 11.0 Å². The number of carbonyl (C=O) groups excluding carboxylic acids is 1. The Balaban J connectivity index is 2.88. The molecule has 0 aliphatic heterocycles. The highest BCUT2D eigenvalue weighted by Crippen LogP contribution is 2.24. The third kappa shape index (κ3) is 1.59. The normalized spacial score (nSPS) is 10.9. The summed E-state index contributed by atoms with van der Waals surface area (Å²) in [6.45, 7) is 3.52. The Morgan fingerprint density at radius 1 is 1.47 bits per heavy atom. The number of carbonyl (C=O) groups is 1. The number of benzene rings is 1.